The molecular formula is C14H25N3. The summed E-state index contributed by atoms with van der Waals surface area (Å²) in [6, 6.07) is 0.697. The van der Waals surface area contributed by atoms with Gasteiger partial charge < -0.3 is 5.32 Å². The van der Waals surface area contributed by atoms with Crippen LogP contribution in [0.3, 0.4) is 0 Å². The zero-order chi connectivity index (χ0) is 12.4. The predicted octanol–water partition coefficient (Wildman–Crippen LogP) is 2.36. The summed E-state index contributed by atoms with van der Waals surface area (Å²) in [4.78, 5) is 0. The summed E-state index contributed by atoms with van der Waals surface area (Å²) < 4.78 is 2.00. The van der Waals surface area contributed by atoms with Gasteiger partial charge in [0, 0.05) is 18.8 Å². The molecular weight excluding hydrogens is 210 g/mol. The minimum absolute atomic E-state index is 0.697. The summed E-state index contributed by atoms with van der Waals surface area (Å²) in [6.07, 6.45) is 6.66. The molecule has 0 spiro atoms. The summed E-state index contributed by atoms with van der Waals surface area (Å²) in [5, 5.41) is 7.98. The second-order valence-electron chi connectivity index (χ2n) is 5.40. The van der Waals surface area contributed by atoms with Crippen molar-refractivity contribution in [3.63, 3.8) is 0 Å². The van der Waals surface area contributed by atoms with Crippen molar-refractivity contribution in [1.29, 1.82) is 0 Å². The molecule has 1 unspecified atom stereocenters. The zero-order valence-electron chi connectivity index (χ0n) is 11.6. The molecule has 1 aromatic heterocycles. The fourth-order valence-electron chi connectivity index (χ4n) is 2.94. The van der Waals surface area contributed by atoms with E-state index in [-0.39, 0.29) is 0 Å². The maximum absolute atomic E-state index is 4.49. The highest BCUT2D eigenvalue weighted by atomic mass is 15.3. The van der Waals surface area contributed by atoms with E-state index in [1.165, 1.54) is 42.6 Å². The Morgan fingerprint density at radius 3 is 2.53 bits per heavy atom. The Morgan fingerprint density at radius 1 is 1.41 bits per heavy atom. The lowest BCUT2D eigenvalue weighted by atomic mass is 9.78. The number of aryl methyl sites for hydroxylation is 2. The van der Waals surface area contributed by atoms with Crippen molar-refractivity contribution in [3.8, 4) is 0 Å². The van der Waals surface area contributed by atoms with Crippen LogP contribution in [0.4, 0.5) is 0 Å². The third-order valence-electron chi connectivity index (χ3n) is 4.45. The maximum Gasteiger partial charge on any atom is 0.0628 e. The molecule has 17 heavy (non-hydrogen) atoms. The number of nitrogens with zero attached hydrogens (tertiary/aromatic N) is 2. The number of nitrogens with one attached hydrogen (secondary N) is 1. The van der Waals surface area contributed by atoms with Crippen LogP contribution < -0.4 is 5.32 Å². The Morgan fingerprint density at radius 2 is 2.12 bits per heavy atom. The van der Waals surface area contributed by atoms with Crippen molar-refractivity contribution in [2.24, 2.45) is 13.0 Å². The highest BCUT2D eigenvalue weighted by molar-refractivity contribution is 5.24. The Kier molecular flexibility index (Phi) is 3.87. The van der Waals surface area contributed by atoms with E-state index in [9.17, 15) is 0 Å². The van der Waals surface area contributed by atoms with Crippen LogP contribution in [0.25, 0.3) is 0 Å². The fraction of sp³-hybridized carbons (Fsp3) is 0.786. The number of aromatic nitrogens is 2. The van der Waals surface area contributed by atoms with E-state index in [1.54, 1.807) is 0 Å². The van der Waals surface area contributed by atoms with Crippen LogP contribution >= 0.6 is 0 Å². The molecule has 1 aliphatic carbocycles. The highest BCUT2D eigenvalue weighted by Crippen LogP contribution is 2.31. The maximum atomic E-state index is 4.49. The minimum atomic E-state index is 0.697. The third-order valence-corrected chi connectivity index (χ3v) is 4.45. The van der Waals surface area contributed by atoms with Gasteiger partial charge in [-0.1, -0.05) is 6.42 Å². The predicted molar refractivity (Wildman–Crippen MR) is 71.2 cm³/mol. The summed E-state index contributed by atoms with van der Waals surface area (Å²) in [5.74, 6) is 0.914. The van der Waals surface area contributed by atoms with Gasteiger partial charge in [-0.15, -0.1) is 0 Å². The molecule has 1 N–H and O–H groups in total. The highest BCUT2D eigenvalue weighted by Gasteiger charge is 2.26. The largest absolute Gasteiger partial charge is 0.317 e. The molecule has 0 aliphatic heterocycles. The van der Waals surface area contributed by atoms with Crippen molar-refractivity contribution >= 4 is 0 Å². The molecule has 0 aromatic carbocycles. The number of hydrogen-bond acceptors (Lipinski definition) is 2. The van der Waals surface area contributed by atoms with Gasteiger partial charge in [0.15, 0.2) is 0 Å². The molecule has 1 heterocycles. The molecule has 1 aromatic rings. The Bertz CT molecular complexity index is 377. The summed E-state index contributed by atoms with van der Waals surface area (Å²) in [6.45, 7) is 4.30. The van der Waals surface area contributed by atoms with Crippen molar-refractivity contribution in [1.82, 2.24) is 15.1 Å². The van der Waals surface area contributed by atoms with Crippen LogP contribution in [0.15, 0.2) is 0 Å². The normalized spacial score (nSPS) is 18.1. The van der Waals surface area contributed by atoms with Gasteiger partial charge in [0.25, 0.3) is 0 Å². The van der Waals surface area contributed by atoms with E-state index in [2.05, 4.69) is 31.3 Å². The lowest BCUT2D eigenvalue weighted by molar-refractivity contribution is 0.228. The van der Waals surface area contributed by atoms with E-state index in [4.69, 9.17) is 0 Å². The molecule has 0 amide bonds. The van der Waals surface area contributed by atoms with Crippen LogP contribution in [0.5, 0.6) is 0 Å². The van der Waals surface area contributed by atoms with Crippen LogP contribution in [0.1, 0.15) is 42.6 Å². The van der Waals surface area contributed by atoms with Gasteiger partial charge >= 0.3 is 0 Å². The first-order valence-electron chi connectivity index (χ1n) is 6.79. The van der Waals surface area contributed by atoms with Crippen LogP contribution in [-0.2, 0) is 13.5 Å². The molecule has 2 rings (SSSR count). The van der Waals surface area contributed by atoms with Gasteiger partial charge in [0.05, 0.1) is 5.69 Å². The lowest BCUT2D eigenvalue weighted by Crippen LogP contribution is -2.37. The smallest absolute Gasteiger partial charge is 0.0628 e. The molecule has 1 fully saturated rings. The quantitative estimate of drug-likeness (QED) is 0.849. The van der Waals surface area contributed by atoms with Crippen LogP contribution in [0.2, 0.25) is 0 Å². The van der Waals surface area contributed by atoms with E-state index in [1.807, 2.05) is 11.7 Å². The van der Waals surface area contributed by atoms with E-state index in [0.717, 1.165) is 12.3 Å². The number of rotatable bonds is 5. The van der Waals surface area contributed by atoms with Crippen LogP contribution in [-0.4, -0.2) is 22.9 Å². The Labute approximate surface area is 105 Å². The SMILES string of the molecule is CNC(CCc1c(C)nn(C)c1C)C1CCC1. The van der Waals surface area contributed by atoms with Crippen LogP contribution in [0, 0.1) is 19.8 Å². The van der Waals surface area contributed by atoms with Gasteiger partial charge in [-0.2, -0.15) is 5.10 Å². The molecule has 1 aliphatic rings. The van der Waals surface area contributed by atoms with Gasteiger partial charge in [-0.3, -0.25) is 4.68 Å². The van der Waals surface area contributed by atoms with Crippen molar-refractivity contribution < 1.29 is 0 Å². The van der Waals surface area contributed by atoms with E-state index in [0.29, 0.717) is 6.04 Å². The molecule has 3 nitrogen and oxygen atoms in total. The molecule has 0 bridgehead atoms. The molecule has 1 saturated carbocycles. The molecule has 0 radical (unpaired) electrons. The van der Waals surface area contributed by atoms with E-state index >= 15 is 0 Å². The topological polar surface area (TPSA) is 29.9 Å². The average molecular weight is 235 g/mol. The second-order valence-corrected chi connectivity index (χ2v) is 5.40. The van der Waals surface area contributed by atoms with Gasteiger partial charge in [0.2, 0.25) is 0 Å². The summed E-state index contributed by atoms with van der Waals surface area (Å²) in [7, 11) is 4.14. The van der Waals surface area contributed by atoms with Gasteiger partial charge in [-0.05, 0) is 58.1 Å². The molecule has 0 saturated heterocycles. The zero-order valence-corrected chi connectivity index (χ0v) is 11.6. The van der Waals surface area contributed by atoms with E-state index < -0.39 is 0 Å². The Balaban J connectivity index is 1.96. The average Bonchev–Trinajstić information content (AvgIpc) is 2.46. The first-order chi connectivity index (χ1) is 8.13. The second kappa shape index (κ2) is 5.21. The Hall–Kier alpha value is -0.830. The van der Waals surface area contributed by atoms with Crippen molar-refractivity contribution in [2.45, 2.75) is 52.0 Å². The minimum Gasteiger partial charge on any atom is -0.317 e. The lowest BCUT2D eigenvalue weighted by Gasteiger charge is -2.33. The fourth-order valence-corrected chi connectivity index (χ4v) is 2.94. The standard InChI is InChI=1S/C14H25N3/c1-10-13(11(2)17(4)16-10)8-9-14(15-3)12-6-5-7-12/h12,14-15H,5-9H2,1-4H3. The first kappa shape index (κ1) is 12.6. The summed E-state index contributed by atoms with van der Waals surface area (Å²) in [5.41, 5.74) is 3.98. The van der Waals surface area contributed by atoms with Gasteiger partial charge in [-0.25, -0.2) is 0 Å². The first-order valence-corrected chi connectivity index (χ1v) is 6.79. The monoisotopic (exact) mass is 235 g/mol. The molecule has 96 valence electrons. The molecule has 1 atom stereocenters. The molecule has 3 heteroatoms. The number of hydrogen-bond donors (Lipinski definition) is 1. The summed E-state index contributed by atoms with van der Waals surface area (Å²) >= 11 is 0. The van der Waals surface area contributed by atoms with Gasteiger partial charge in [0.1, 0.15) is 0 Å². The third kappa shape index (κ3) is 2.54. The van der Waals surface area contributed by atoms with Crippen molar-refractivity contribution in [2.75, 3.05) is 7.05 Å². The van der Waals surface area contributed by atoms with Crippen molar-refractivity contribution in [3.05, 3.63) is 17.0 Å².